The van der Waals surface area contributed by atoms with Crippen molar-refractivity contribution < 1.29 is 9.53 Å². The van der Waals surface area contributed by atoms with Crippen LogP contribution in [0.3, 0.4) is 0 Å². The molecule has 1 aromatic rings. The number of nitrogens with two attached hydrogens (primary N) is 1. The summed E-state index contributed by atoms with van der Waals surface area (Å²) >= 11 is 0. The Balaban J connectivity index is 1.99. The molecule has 2 rings (SSSR count). The summed E-state index contributed by atoms with van der Waals surface area (Å²) in [5.41, 5.74) is 8.90. The van der Waals surface area contributed by atoms with Crippen molar-refractivity contribution in [1.82, 2.24) is 5.32 Å². The lowest BCUT2D eigenvalue weighted by Crippen LogP contribution is -2.36. The number of ether oxygens (including phenoxy) is 1. The van der Waals surface area contributed by atoms with E-state index in [9.17, 15) is 4.79 Å². The van der Waals surface area contributed by atoms with Gasteiger partial charge in [0.1, 0.15) is 0 Å². The summed E-state index contributed by atoms with van der Waals surface area (Å²) < 4.78 is 4.60. The van der Waals surface area contributed by atoms with Crippen molar-refractivity contribution in [3.05, 3.63) is 23.8 Å². The first-order valence-electron chi connectivity index (χ1n) is 6.05. The van der Waals surface area contributed by atoms with Crippen LogP contribution >= 0.6 is 0 Å². The van der Waals surface area contributed by atoms with Gasteiger partial charge in [0, 0.05) is 24.5 Å². The fourth-order valence-electron chi connectivity index (χ4n) is 2.16. The highest BCUT2D eigenvalue weighted by molar-refractivity contribution is 5.68. The molecule has 0 saturated carbocycles. The molecule has 1 heterocycles. The monoisotopic (exact) mass is 249 g/mol. The van der Waals surface area contributed by atoms with Gasteiger partial charge in [0.25, 0.3) is 0 Å². The molecule has 1 aliphatic heterocycles. The van der Waals surface area contributed by atoms with Gasteiger partial charge in [0.05, 0.1) is 13.2 Å². The first-order valence-corrected chi connectivity index (χ1v) is 6.05. The van der Waals surface area contributed by atoms with Crippen molar-refractivity contribution in [1.29, 1.82) is 0 Å². The van der Waals surface area contributed by atoms with Crippen molar-refractivity contribution in [3.63, 3.8) is 0 Å². The highest BCUT2D eigenvalue weighted by Gasteiger charge is 2.24. The number of alkyl carbamates (subject to hydrolysis) is 1. The summed E-state index contributed by atoms with van der Waals surface area (Å²) in [5, 5.41) is 2.82. The molecule has 5 nitrogen and oxygen atoms in total. The molecule has 1 atom stereocenters. The number of carbonyl (C=O) groups excluding carboxylic acids is 1. The van der Waals surface area contributed by atoms with Crippen molar-refractivity contribution in [2.24, 2.45) is 0 Å². The zero-order valence-corrected chi connectivity index (χ0v) is 10.8. The second-order valence-corrected chi connectivity index (χ2v) is 4.61. The lowest BCUT2D eigenvalue weighted by molar-refractivity contribution is 0.167. The van der Waals surface area contributed by atoms with Crippen molar-refractivity contribution in [2.45, 2.75) is 19.4 Å². The Bertz CT molecular complexity index is 448. The van der Waals surface area contributed by atoms with Crippen molar-refractivity contribution in [2.75, 3.05) is 30.8 Å². The summed E-state index contributed by atoms with van der Waals surface area (Å²) in [4.78, 5) is 13.4. The topological polar surface area (TPSA) is 67.6 Å². The quantitative estimate of drug-likeness (QED) is 0.780. The first-order chi connectivity index (χ1) is 8.60. The smallest absolute Gasteiger partial charge is 0.407 e. The second kappa shape index (κ2) is 5.16. The fourth-order valence-corrected chi connectivity index (χ4v) is 2.16. The third-order valence-electron chi connectivity index (χ3n) is 3.32. The van der Waals surface area contributed by atoms with Gasteiger partial charge in [-0.2, -0.15) is 0 Å². The molecule has 18 heavy (non-hydrogen) atoms. The van der Waals surface area contributed by atoms with E-state index in [1.807, 2.05) is 19.1 Å². The normalized spacial score (nSPS) is 18.8. The number of rotatable bonds is 2. The first kappa shape index (κ1) is 12.5. The summed E-state index contributed by atoms with van der Waals surface area (Å²) in [5.74, 6) is 0. The minimum Gasteiger partial charge on any atom is -0.453 e. The highest BCUT2D eigenvalue weighted by Crippen LogP contribution is 2.24. The zero-order valence-electron chi connectivity index (χ0n) is 10.8. The Morgan fingerprint density at radius 1 is 1.56 bits per heavy atom. The molecule has 0 spiro atoms. The maximum Gasteiger partial charge on any atom is 0.407 e. The maximum atomic E-state index is 11.1. The summed E-state index contributed by atoms with van der Waals surface area (Å²) in [6.07, 6.45) is 0.549. The van der Waals surface area contributed by atoms with Gasteiger partial charge in [0.2, 0.25) is 0 Å². The van der Waals surface area contributed by atoms with Gasteiger partial charge in [0.15, 0.2) is 0 Å². The minimum atomic E-state index is -0.370. The van der Waals surface area contributed by atoms with Crippen LogP contribution < -0.4 is 16.0 Å². The van der Waals surface area contributed by atoms with Crippen LogP contribution in [-0.2, 0) is 4.74 Å². The van der Waals surface area contributed by atoms with E-state index in [2.05, 4.69) is 21.0 Å². The molecule has 1 saturated heterocycles. The van der Waals surface area contributed by atoms with Crippen molar-refractivity contribution >= 4 is 17.5 Å². The van der Waals surface area contributed by atoms with E-state index in [0.29, 0.717) is 0 Å². The number of amides is 1. The molecule has 0 bridgehead atoms. The van der Waals surface area contributed by atoms with Crippen LogP contribution in [0.2, 0.25) is 0 Å². The maximum absolute atomic E-state index is 11.1. The molecule has 1 aromatic carbocycles. The molecule has 98 valence electrons. The summed E-state index contributed by atoms with van der Waals surface area (Å²) in [7, 11) is 1.38. The Hall–Kier alpha value is -1.91. The molecule has 3 N–H and O–H groups in total. The Kier molecular flexibility index (Phi) is 3.60. The van der Waals surface area contributed by atoms with Crippen LogP contribution in [0.5, 0.6) is 0 Å². The van der Waals surface area contributed by atoms with Crippen LogP contribution in [0.1, 0.15) is 12.0 Å². The SMILES string of the molecule is COC(=O)NC1CCN(c2ccc(C)c(N)c2)C1. The Morgan fingerprint density at radius 3 is 3.00 bits per heavy atom. The standard InChI is InChI=1S/C13H19N3O2/c1-9-3-4-11(7-12(9)14)16-6-5-10(8-16)15-13(17)18-2/h3-4,7,10H,5-6,8,14H2,1-2H3,(H,15,17). The number of anilines is 2. The number of benzene rings is 1. The van der Waals surface area contributed by atoms with Crippen LogP contribution in [0.15, 0.2) is 18.2 Å². The number of hydrogen-bond acceptors (Lipinski definition) is 4. The molecule has 0 radical (unpaired) electrons. The summed E-state index contributed by atoms with van der Waals surface area (Å²) in [6.45, 7) is 3.69. The van der Waals surface area contributed by atoms with Gasteiger partial charge in [-0.15, -0.1) is 0 Å². The van der Waals surface area contributed by atoms with Gasteiger partial charge in [-0.3, -0.25) is 0 Å². The number of carbonyl (C=O) groups is 1. The Labute approximate surface area is 107 Å². The lowest BCUT2D eigenvalue weighted by atomic mass is 10.2. The number of hydrogen-bond donors (Lipinski definition) is 2. The van der Waals surface area contributed by atoms with Gasteiger partial charge in [-0.05, 0) is 31.0 Å². The third-order valence-corrected chi connectivity index (χ3v) is 3.32. The molecule has 1 amide bonds. The molecular formula is C13H19N3O2. The fraction of sp³-hybridized carbons (Fsp3) is 0.462. The number of nitrogens with one attached hydrogen (secondary N) is 1. The van der Waals surface area contributed by atoms with E-state index in [-0.39, 0.29) is 12.1 Å². The number of nitrogen functional groups attached to an aromatic ring is 1. The van der Waals surface area contributed by atoms with E-state index < -0.39 is 0 Å². The molecule has 0 aliphatic carbocycles. The summed E-state index contributed by atoms with van der Waals surface area (Å²) in [6, 6.07) is 6.20. The van der Waals surface area contributed by atoms with E-state index in [0.717, 1.165) is 36.4 Å². The highest BCUT2D eigenvalue weighted by atomic mass is 16.5. The Morgan fingerprint density at radius 2 is 2.33 bits per heavy atom. The van der Waals surface area contributed by atoms with E-state index in [4.69, 9.17) is 5.73 Å². The predicted molar refractivity (Wildman–Crippen MR) is 71.8 cm³/mol. The van der Waals surface area contributed by atoms with Crippen LogP contribution in [0, 0.1) is 6.92 Å². The second-order valence-electron chi connectivity index (χ2n) is 4.61. The predicted octanol–water partition coefficient (Wildman–Crippen LogP) is 1.51. The van der Waals surface area contributed by atoms with E-state index >= 15 is 0 Å². The van der Waals surface area contributed by atoms with Gasteiger partial charge in [-0.25, -0.2) is 4.79 Å². The largest absolute Gasteiger partial charge is 0.453 e. The molecule has 1 aliphatic rings. The van der Waals surface area contributed by atoms with Crippen LogP contribution in [-0.4, -0.2) is 32.3 Å². The van der Waals surface area contributed by atoms with Gasteiger partial charge < -0.3 is 20.7 Å². The van der Waals surface area contributed by atoms with E-state index in [1.165, 1.54) is 7.11 Å². The molecule has 1 fully saturated rings. The average molecular weight is 249 g/mol. The van der Waals surface area contributed by atoms with E-state index in [1.54, 1.807) is 0 Å². The molecule has 5 heteroatoms. The van der Waals surface area contributed by atoms with Gasteiger partial charge >= 0.3 is 6.09 Å². The zero-order chi connectivity index (χ0) is 13.1. The molecular weight excluding hydrogens is 230 g/mol. The minimum absolute atomic E-state index is 0.139. The molecule has 0 aromatic heterocycles. The van der Waals surface area contributed by atoms with Gasteiger partial charge in [-0.1, -0.05) is 6.07 Å². The third kappa shape index (κ3) is 2.67. The van der Waals surface area contributed by atoms with Crippen LogP contribution in [0.4, 0.5) is 16.2 Å². The number of aryl methyl sites for hydroxylation is 1. The lowest BCUT2D eigenvalue weighted by Gasteiger charge is -2.19. The number of nitrogens with zero attached hydrogens (tertiary/aromatic N) is 1. The average Bonchev–Trinajstić information content (AvgIpc) is 2.81. The molecule has 1 unspecified atom stereocenters. The van der Waals surface area contributed by atoms with Crippen molar-refractivity contribution in [3.8, 4) is 0 Å². The van der Waals surface area contributed by atoms with Crippen LogP contribution in [0.25, 0.3) is 0 Å². The number of methoxy groups -OCH3 is 1.